The van der Waals surface area contributed by atoms with E-state index in [4.69, 9.17) is 9.63 Å². The van der Waals surface area contributed by atoms with Gasteiger partial charge in [0.2, 0.25) is 0 Å². The molecule has 0 aliphatic rings. The topological polar surface area (TPSA) is 63.3 Å². The van der Waals surface area contributed by atoms with Crippen LogP contribution in [0.25, 0.3) is 11.0 Å². The monoisotopic (exact) mass is 163 g/mol. The van der Waals surface area contributed by atoms with E-state index < -0.39 is 5.97 Å². The van der Waals surface area contributed by atoms with E-state index in [1.807, 2.05) is 0 Å². The van der Waals surface area contributed by atoms with Gasteiger partial charge < -0.3 is 9.63 Å². The van der Waals surface area contributed by atoms with Gasteiger partial charge in [0.15, 0.2) is 5.58 Å². The Bertz CT molecular complexity index is 433. The molecule has 12 heavy (non-hydrogen) atoms. The summed E-state index contributed by atoms with van der Waals surface area (Å²) in [5, 5.41) is 12.9. The Kier molecular flexibility index (Phi) is 1.33. The van der Waals surface area contributed by atoms with Crippen LogP contribution in [-0.2, 0) is 0 Å². The third kappa shape index (κ3) is 0.852. The Morgan fingerprint density at radius 1 is 1.50 bits per heavy atom. The maximum atomic E-state index is 10.6. The minimum atomic E-state index is -1.00. The van der Waals surface area contributed by atoms with Gasteiger partial charge in [0.05, 0.1) is 6.20 Å². The summed E-state index contributed by atoms with van der Waals surface area (Å²) in [6, 6.07) is 4.89. The maximum absolute atomic E-state index is 10.6. The first-order chi connectivity index (χ1) is 5.79. The second kappa shape index (κ2) is 2.34. The second-order valence-electron chi connectivity index (χ2n) is 2.35. The van der Waals surface area contributed by atoms with E-state index in [1.165, 1.54) is 12.3 Å². The van der Waals surface area contributed by atoms with E-state index in [9.17, 15) is 4.79 Å². The Morgan fingerprint density at radius 2 is 2.33 bits per heavy atom. The molecule has 0 aliphatic heterocycles. The SMILES string of the molecule is O=C(O)c1cccc2cnoc12. The average Bonchev–Trinajstić information content (AvgIpc) is 2.49. The summed E-state index contributed by atoms with van der Waals surface area (Å²) in [5.74, 6) is -1.00. The Hall–Kier alpha value is -1.84. The molecule has 1 N–H and O–H groups in total. The number of para-hydroxylation sites is 1. The number of hydrogen-bond donors (Lipinski definition) is 1. The van der Waals surface area contributed by atoms with Crippen molar-refractivity contribution in [2.75, 3.05) is 0 Å². The number of carbonyl (C=O) groups is 1. The lowest BCUT2D eigenvalue weighted by atomic mass is 10.2. The van der Waals surface area contributed by atoms with Gasteiger partial charge in [0.1, 0.15) is 5.56 Å². The number of carboxylic acid groups (broad SMARTS) is 1. The number of benzene rings is 1. The molecule has 0 aliphatic carbocycles. The van der Waals surface area contributed by atoms with Crippen LogP contribution in [0.4, 0.5) is 0 Å². The molecule has 2 aromatic rings. The quantitative estimate of drug-likeness (QED) is 0.692. The van der Waals surface area contributed by atoms with Crippen LogP contribution in [-0.4, -0.2) is 16.2 Å². The van der Waals surface area contributed by atoms with Crippen molar-refractivity contribution in [3.8, 4) is 0 Å². The highest BCUT2D eigenvalue weighted by molar-refractivity contribution is 6.00. The third-order valence-electron chi connectivity index (χ3n) is 1.61. The molecule has 0 spiro atoms. The summed E-state index contributed by atoms with van der Waals surface area (Å²) in [6.45, 7) is 0. The molecule has 1 aromatic carbocycles. The molecule has 0 saturated heterocycles. The first kappa shape index (κ1) is 6.84. The van der Waals surface area contributed by atoms with E-state index in [1.54, 1.807) is 12.1 Å². The van der Waals surface area contributed by atoms with E-state index in [-0.39, 0.29) is 5.56 Å². The van der Waals surface area contributed by atoms with Crippen molar-refractivity contribution in [2.24, 2.45) is 0 Å². The van der Waals surface area contributed by atoms with Crippen molar-refractivity contribution in [3.05, 3.63) is 30.0 Å². The fraction of sp³-hybridized carbons (Fsp3) is 0. The zero-order valence-electron chi connectivity index (χ0n) is 6.02. The van der Waals surface area contributed by atoms with E-state index in [0.717, 1.165) is 0 Å². The summed E-state index contributed by atoms with van der Waals surface area (Å²) < 4.78 is 4.78. The number of carboxylic acids is 1. The summed E-state index contributed by atoms with van der Waals surface area (Å²) in [4.78, 5) is 10.6. The predicted octanol–water partition coefficient (Wildman–Crippen LogP) is 1.53. The fourth-order valence-electron chi connectivity index (χ4n) is 1.06. The van der Waals surface area contributed by atoms with Gasteiger partial charge in [-0.1, -0.05) is 11.2 Å². The van der Waals surface area contributed by atoms with E-state index in [0.29, 0.717) is 11.0 Å². The standard InChI is InChI=1S/C8H5NO3/c10-8(11)6-3-1-2-5-4-9-12-7(5)6/h1-4H,(H,10,11). The van der Waals surface area contributed by atoms with Crippen LogP contribution in [0.1, 0.15) is 10.4 Å². The van der Waals surface area contributed by atoms with Crippen molar-refractivity contribution in [1.29, 1.82) is 0 Å². The number of fused-ring (bicyclic) bond motifs is 1. The molecule has 0 amide bonds. The molecule has 0 bridgehead atoms. The third-order valence-corrected chi connectivity index (χ3v) is 1.61. The number of hydrogen-bond acceptors (Lipinski definition) is 3. The summed E-state index contributed by atoms with van der Waals surface area (Å²) in [5.41, 5.74) is 0.468. The summed E-state index contributed by atoms with van der Waals surface area (Å²) in [7, 11) is 0. The van der Waals surface area contributed by atoms with Crippen molar-refractivity contribution >= 4 is 16.9 Å². The van der Waals surface area contributed by atoms with Gasteiger partial charge in [-0.15, -0.1) is 0 Å². The maximum Gasteiger partial charge on any atom is 0.339 e. The van der Waals surface area contributed by atoms with Crippen molar-refractivity contribution < 1.29 is 14.4 Å². The second-order valence-corrected chi connectivity index (χ2v) is 2.35. The molecule has 1 heterocycles. The minimum absolute atomic E-state index is 0.144. The molecule has 0 atom stereocenters. The summed E-state index contributed by atoms with van der Waals surface area (Å²) in [6.07, 6.45) is 1.49. The van der Waals surface area contributed by atoms with E-state index >= 15 is 0 Å². The van der Waals surface area contributed by atoms with Crippen LogP contribution >= 0.6 is 0 Å². The molecular formula is C8H5NO3. The molecular weight excluding hydrogens is 158 g/mol. The van der Waals surface area contributed by atoms with Crippen LogP contribution in [0.15, 0.2) is 28.9 Å². The fourth-order valence-corrected chi connectivity index (χ4v) is 1.06. The zero-order valence-corrected chi connectivity index (χ0v) is 6.02. The Labute approximate surface area is 67.4 Å². The largest absolute Gasteiger partial charge is 0.478 e. The predicted molar refractivity (Wildman–Crippen MR) is 41.0 cm³/mol. The average molecular weight is 163 g/mol. The molecule has 0 radical (unpaired) electrons. The van der Waals surface area contributed by atoms with Crippen LogP contribution in [0.2, 0.25) is 0 Å². The van der Waals surface area contributed by atoms with E-state index in [2.05, 4.69) is 5.16 Å². The highest BCUT2D eigenvalue weighted by atomic mass is 16.5. The number of rotatable bonds is 1. The Balaban J connectivity index is 2.82. The van der Waals surface area contributed by atoms with Crippen molar-refractivity contribution in [3.63, 3.8) is 0 Å². The molecule has 0 fully saturated rings. The first-order valence-corrected chi connectivity index (χ1v) is 3.36. The lowest BCUT2D eigenvalue weighted by Crippen LogP contribution is -1.95. The molecule has 0 saturated carbocycles. The molecule has 1 aromatic heterocycles. The lowest BCUT2D eigenvalue weighted by Gasteiger charge is -1.91. The number of aromatic nitrogens is 1. The van der Waals surface area contributed by atoms with Gasteiger partial charge >= 0.3 is 5.97 Å². The normalized spacial score (nSPS) is 10.3. The van der Waals surface area contributed by atoms with Crippen molar-refractivity contribution in [1.82, 2.24) is 5.16 Å². The molecule has 0 unspecified atom stereocenters. The molecule has 60 valence electrons. The number of nitrogens with zero attached hydrogens (tertiary/aromatic N) is 1. The molecule has 4 nitrogen and oxygen atoms in total. The van der Waals surface area contributed by atoms with Crippen LogP contribution in [0.3, 0.4) is 0 Å². The number of aromatic carboxylic acids is 1. The minimum Gasteiger partial charge on any atom is -0.478 e. The van der Waals surface area contributed by atoms with Crippen LogP contribution in [0, 0.1) is 0 Å². The lowest BCUT2D eigenvalue weighted by molar-refractivity contribution is 0.0697. The Morgan fingerprint density at radius 3 is 3.08 bits per heavy atom. The molecule has 4 heteroatoms. The highest BCUT2D eigenvalue weighted by Crippen LogP contribution is 2.17. The van der Waals surface area contributed by atoms with Gasteiger partial charge in [-0.2, -0.15) is 0 Å². The van der Waals surface area contributed by atoms with Gasteiger partial charge in [0, 0.05) is 5.39 Å². The van der Waals surface area contributed by atoms with Crippen LogP contribution in [0.5, 0.6) is 0 Å². The van der Waals surface area contributed by atoms with Gasteiger partial charge in [-0.3, -0.25) is 0 Å². The van der Waals surface area contributed by atoms with Gasteiger partial charge in [-0.25, -0.2) is 4.79 Å². The van der Waals surface area contributed by atoms with Crippen LogP contribution < -0.4 is 0 Å². The highest BCUT2D eigenvalue weighted by Gasteiger charge is 2.10. The van der Waals surface area contributed by atoms with Crippen molar-refractivity contribution in [2.45, 2.75) is 0 Å². The van der Waals surface area contributed by atoms with Gasteiger partial charge in [0.25, 0.3) is 0 Å². The smallest absolute Gasteiger partial charge is 0.339 e. The molecule has 2 rings (SSSR count). The van der Waals surface area contributed by atoms with Gasteiger partial charge in [-0.05, 0) is 12.1 Å². The summed E-state index contributed by atoms with van der Waals surface area (Å²) >= 11 is 0. The zero-order chi connectivity index (χ0) is 8.55. The first-order valence-electron chi connectivity index (χ1n) is 3.36.